The van der Waals surface area contributed by atoms with Gasteiger partial charge in [0.25, 0.3) is 5.91 Å². The average Bonchev–Trinajstić information content (AvgIpc) is 3.18. The van der Waals surface area contributed by atoms with Crippen LogP contribution in [0.1, 0.15) is 22.0 Å². The lowest BCUT2D eigenvalue weighted by Gasteiger charge is -2.26. The number of rotatable bonds is 7. The van der Waals surface area contributed by atoms with Crippen LogP contribution in [0.5, 0.6) is 0 Å². The number of hydrogen-bond acceptors (Lipinski definition) is 3. The number of likely N-dealkylation sites (N-methyl/N-ethyl adjacent to an activating group) is 1. The van der Waals surface area contributed by atoms with E-state index in [4.69, 9.17) is 11.6 Å². The first-order valence-electron chi connectivity index (χ1n) is 10.1. The Kier molecular flexibility index (Phi) is 7.94. The summed E-state index contributed by atoms with van der Waals surface area (Å²) in [5.41, 5.74) is 3.11. The second kappa shape index (κ2) is 10.7. The van der Waals surface area contributed by atoms with Crippen LogP contribution in [0.3, 0.4) is 0 Å². The lowest BCUT2D eigenvalue weighted by molar-refractivity contribution is 0.102. The number of nitrogens with one attached hydrogen (secondary N) is 2. The summed E-state index contributed by atoms with van der Waals surface area (Å²) >= 11 is 6.14. The van der Waals surface area contributed by atoms with E-state index in [1.807, 2.05) is 67.8 Å². The van der Waals surface area contributed by atoms with Gasteiger partial charge < -0.3 is 20.3 Å². The number of halogens is 2. The fraction of sp³-hybridized carbons (Fsp3) is 0.160. The van der Waals surface area contributed by atoms with Gasteiger partial charge in [-0.15, -0.1) is 12.4 Å². The Morgan fingerprint density at radius 3 is 2.47 bits per heavy atom. The Bertz CT molecular complexity index is 1190. The van der Waals surface area contributed by atoms with Crippen LogP contribution >= 0.6 is 24.0 Å². The number of nitrogens with zero attached hydrogens (tertiary/aromatic N) is 1. The molecule has 2 atom stereocenters. The van der Waals surface area contributed by atoms with Crippen molar-refractivity contribution in [2.45, 2.75) is 12.1 Å². The number of anilines is 1. The van der Waals surface area contributed by atoms with Crippen LogP contribution in [0.4, 0.5) is 5.69 Å². The molecule has 0 bridgehead atoms. The van der Waals surface area contributed by atoms with Crippen molar-refractivity contribution < 1.29 is 9.90 Å². The molecule has 0 aliphatic rings. The number of aliphatic hydroxyl groups excluding tert-OH is 1. The Morgan fingerprint density at radius 2 is 1.75 bits per heavy atom. The molecule has 0 spiro atoms. The highest BCUT2D eigenvalue weighted by molar-refractivity contribution is 6.34. The molecular weight excluding hydrogens is 445 g/mol. The smallest absolute Gasteiger partial charge is 0.257 e. The molecule has 0 fully saturated rings. The molecule has 0 aliphatic heterocycles. The second-order valence-electron chi connectivity index (χ2n) is 7.41. The van der Waals surface area contributed by atoms with E-state index in [1.54, 1.807) is 24.3 Å². The Hall–Kier alpha value is -2.83. The zero-order valence-electron chi connectivity index (χ0n) is 17.5. The Labute approximate surface area is 198 Å². The minimum Gasteiger partial charge on any atom is -0.389 e. The molecule has 0 radical (unpaired) electrons. The van der Waals surface area contributed by atoms with Crippen molar-refractivity contribution in [3.8, 4) is 0 Å². The topological polar surface area (TPSA) is 66.3 Å². The molecule has 0 unspecified atom stereocenters. The van der Waals surface area contributed by atoms with Crippen LogP contribution in [0.15, 0.2) is 85.1 Å². The highest BCUT2D eigenvalue weighted by Crippen LogP contribution is 2.29. The highest BCUT2D eigenvalue weighted by Gasteiger charge is 2.23. The van der Waals surface area contributed by atoms with Crippen LogP contribution < -0.4 is 10.6 Å². The van der Waals surface area contributed by atoms with Crippen LogP contribution in [-0.2, 0) is 0 Å². The van der Waals surface area contributed by atoms with Gasteiger partial charge in [0.2, 0.25) is 0 Å². The molecule has 1 heterocycles. The van der Waals surface area contributed by atoms with E-state index in [9.17, 15) is 9.90 Å². The predicted molar refractivity (Wildman–Crippen MR) is 133 cm³/mol. The Morgan fingerprint density at radius 1 is 1.03 bits per heavy atom. The number of amides is 1. The number of aromatic nitrogens is 1. The summed E-state index contributed by atoms with van der Waals surface area (Å²) in [5.74, 6) is -0.254. The third-order valence-electron chi connectivity index (χ3n) is 5.32. The summed E-state index contributed by atoms with van der Waals surface area (Å²) in [7, 11) is 1.83. The number of fused-ring (bicyclic) bond motifs is 1. The Balaban J connectivity index is 0.00000289. The van der Waals surface area contributed by atoms with Crippen LogP contribution in [0.25, 0.3) is 10.9 Å². The number of benzene rings is 3. The van der Waals surface area contributed by atoms with E-state index >= 15 is 0 Å². The molecule has 5 nitrogen and oxygen atoms in total. The van der Waals surface area contributed by atoms with Crippen LogP contribution in [0, 0.1) is 0 Å². The molecule has 3 N–H and O–H groups in total. The summed E-state index contributed by atoms with van der Waals surface area (Å²) < 4.78 is 2.08. The molecule has 32 heavy (non-hydrogen) atoms. The summed E-state index contributed by atoms with van der Waals surface area (Å²) in [5, 5.41) is 18.2. The molecule has 166 valence electrons. The maximum absolute atomic E-state index is 12.6. The van der Waals surface area contributed by atoms with Gasteiger partial charge in [-0.1, -0.05) is 54.1 Å². The van der Waals surface area contributed by atoms with Crippen molar-refractivity contribution in [3.63, 3.8) is 0 Å². The van der Waals surface area contributed by atoms with Gasteiger partial charge in [0, 0.05) is 29.3 Å². The third kappa shape index (κ3) is 4.97. The third-order valence-corrected chi connectivity index (χ3v) is 5.64. The van der Waals surface area contributed by atoms with E-state index in [1.165, 1.54) is 0 Å². The SMILES string of the molecule is CNC[C@@H](O)[C@H](c1ccccc1)n1ccc2cc(NC(=O)c3ccccc3Cl)ccc21.Cl. The maximum Gasteiger partial charge on any atom is 0.257 e. The molecular formula is C25H25Cl2N3O2. The monoisotopic (exact) mass is 469 g/mol. The van der Waals surface area contributed by atoms with Crippen molar-refractivity contribution in [1.82, 2.24) is 9.88 Å². The largest absolute Gasteiger partial charge is 0.389 e. The zero-order chi connectivity index (χ0) is 21.8. The number of hydrogen-bond donors (Lipinski definition) is 3. The normalized spacial score (nSPS) is 12.7. The summed E-state index contributed by atoms with van der Waals surface area (Å²) in [4.78, 5) is 12.6. The van der Waals surface area contributed by atoms with Crippen molar-refractivity contribution in [2.75, 3.05) is 18.9 Å². The van der Waals surface area contributed by atoms with Gasteiger partial charge in [0.05, 0.1) is 22.7 Å². The lowest BCUT2D eigenvalue weighted by atomic mass is 10.0. The minimum absolute atomic E-state index is 0. The number of carbonyl (C=O) groups is 1. The van der Waals surface area contributed by atoms with Crippen molar-refractivity contribution in [2.24, 2.45) is 0 Å². The standard InChI is InChI=1S/C25H24ClN3O2.ClH/c1-27-16-23(30)24(17-7-3-2-4-8-17)29-14-13-18-15-19(11-12-22(18)29)28-25(31)20-9-5-6-10-21(20)26;/h2-15,23-24,27,30H,16H2,1H3,(H,28,31);1H/t23-,24+;/m1./s1. The fourth-order valence-corrected chi connectivity index (χ4v) is 4.09. The highest BCUT2D eigenvalue weighted by atomic mass is 35.5. The first kappa shape index (κ1) is 23.8. The van der Waals surface area contributed by atoms with E-state index < -0.39 is 6.10 Å². The van der Waals surface area contributed by atoms with E-state index in [0.29, 0.717) is 22.8 Å². The summed E-state index contributed by atoms with van der Waals surface area (Å²) in [6.07, 6.45) is 1.36. The molecule has 0 saturated carbocycles. The molecule has 3 aromatic carbocycles. The van der Waals surface area contributed by atoms with E-state index in [2.05, 4.69) is 15.2 Å². The molecule has 0 aliphatic carbocycles. The van der Waals surface area contributed by atoms with E-state index in [-0.39, 0.29) is 24.4 Å². The van der Waals surface area contributed by atoms with Gasteiger partial charge in [-0.25, -0.2) is 0 Å². The molecule has 4 aromatic rings. The minimum atomic E-state index is -0.609. The van der Waals surface area contributed by atoms with Crippen molar-refractivity contribution in [1.29, 1.82) is 0 Å². The first-order valence-corrected chi connectivity index (χ1v) is 10.5. The maximum atomic E-state index is 12.6. The van der Waals surface area contributed by atoms with Gasteiger partial charge in [-0.3, -0.25) is 4.79 Å². The van der Waals surface area contributed by atoms with E-state index in [0.717, 1.165) is 16.5 Å². The number of aliphatic hydroxyl groups is 1. The first-order chi connectivity index (χ1) is 15.1. The molecule has 0 saturated heterocycles. The van der Waals surface area contributed by atoms with Gasteiger partial charge >= 0.3 is 0 Å². The zero-order valence-corrected chi connectivity index (χ0v) is 19.1. The molecule has 4 rings (SSSR count). The lowest BCUT2D eigenvalue weighted by Crippen LogP contribution is -2.33. The quantitative estimate of drug-likeness (QED) is 0.351. The van der Waals surface area contributed by atoms with Gasteiger partial charge in [0.15, 0.2) is 0 Å². The predicted octanol–water partition coefficient (Wildman–Crippen LogP) is 5.14. The van der Waals surface area contributed by atoms with Crippen molar-refractivity contribution in [3.05, 3.63) is 101 Å². The van der Waals surface area contributed by atoms with Gasteiger partial charge in [-0.2, -0.15) is 0 Å². The summed E-state index contributed by atoms with van der Waals surface area (Å²) in [6.45, 7) is 0.464. The summed E-state index contributed by atoms with van der Waals surface area (Å²) in [6, 6.07) is 24.4. The van der Waals surface area contributed by atoms with Crippen LogP contribution in [-0.4, -0.2) is 35.3 Å². The molecule has 7 heteroatoms. The molecule has 1 aromatic heterocycles. The average molecular weight is 470 g/mol. The van der Waals surface area contributed by atoms with Gasteiger partial charge in [-0.05, 0) is 49.0 Å². The van der Waals surface area contributed by atoms with Gasteiger partial charge in [0.1, 0.15) is 0 Å². The second-order valence-corrected chi connectivity index (χ2v) is 7.82. The van der Waals surface area contributed by atoms with Crippen molar-refractivity contribution >= 4 is 46.5 Å². The number of carbonyl (C=O) groups excluding carboxylic acids is 1. The fourth-order valence-electron chi connectivity index (χ4n) is 3.87. The van der Waals surface area contributed by atoms with Crippen LogP contribution in [0.2, 0.25) is 5.02 Å². The molecule has 1 amide bonds.